The van der Waals surface area contributed by atoms with Gasteiger partial charge in [-0.1, -0.05) is 0 Å². The Kier molecular flexibility index (Phi) is 3.64. The van der Waals surface area contributed by atoms with Gasteiger partial charge in [-0.05, 0) is 56.7 Å². The van der Waals surface area contributed by atoms with Crippen LogP contribution >= 0.6 is 0 Å². The van der Waals surface area contributed by atoms with E-state index in [1.54, 1.807) is 12.1 Å². The molecule has 2 aromatic carbocycles. The lowest BCUT2D eigenvalue weighted by Crippen LogP contribution is -2.11. The Labute approximate surface area is 146 Å². The molecule has 1 N–H and O–H groups in total. The van der Waals surface area contributed by atoms with E-state index in [1.807, 2.05) is 24.3 Å². The number of rotatable bonds is 3. The monoisotopic (exact) mass is 336 g/mol. The fourth-order valence-corrected chi connectivity index (χ4v) is 3.38. The van der Waals surface area contributed by atoms with E-state index in [9.17, 15) is 4.79 Å². The van der Waals surface area contributed by atoms with E-state index in [0.717, 1.165) is 17.4 Å². The van der Waals surface area contributed by atoms with Crippen LogP contribution in [-0.4, -0.2) is 17.3 Å². The SMILES string of the molecule is CCn1c(C)c(C)c2cc(C(=O)Nc3ccc4c(c3)OCO4)ccc21. The molecule has 1 aliphatic heterocycles. The largest absolute Gasteiger partial charge is 0.454 e. The topological polar surface area (TPSA) is 52.5 Å². The van der Waals surface area contributed by atoms with Crippen molar-refractivity contribution in [2.45, 2.75) is 27.3 Å². The molecule has 0 bridgehead atoms. The number of hydrogen-bond donors (Lipinski definition) is 1. The summed E-state index contributed by atoms with van der Waals surface area (Å²) in [5, 5.41) is 4.05. The molecule has 1 aromatic heterocycles. The van der Waals surface area contributed by atoms with Gasteiger partial charge in [0.15, 0.2) is 11.5 Å². The minimum absolute atomic E-state index is 0.137. The minimum atomic E-state index is -0.137. The minimum Gasteiger partial charge on any atom is -0.454 e. The van der Waals surface area contributed by atoms with Crippen LogP contribution < -0.4 is 14.8 Å². The van der Waals surface area contributed by atoms with Crippen LogP contribution in [0.1, 0.15) is 28.5 Å². The average Bonchev–Trinajstić information content (AvgIpc) is 3.17. The summed E-state index contributed by atoms with van der Waals surface area (Å²) in [5.41, 5.74) is 4.95. The molecule has 0 saturated carbocycles. The molecule has 0 radical (unpaired) electrons. The maximum Gasteiger partial charge on any atom is 0.255 e. The molecule has 5 nitrogen and oxygen atoms in total. The molecule has 0 spiro atoms. The van der Waals surface area contributed by atoms with Crippen molar-refractivity contribution < 1.29 is 14.3 Å². The van der Waals surface area contributed by atoms with Gasteiger partial charge in [-0.25, -0.2) is 0 Å². The lowest BCUT2D eigenvalue weighted by atomic mass is 10.1. The molecule has 1 aliphatic rings. The van der Waals surface area contributed by atoms with E-state index in [4.69, 9.17) is 9.47 Å². The molecule has 128 valence electrons. The highest BCUT2D eigenvalue weighted by Gasteiger charge is 2.16. The number of anilines is 1. The van der Waals surface area contributed by atoms with Crippen LogP contribution in [0.2, 0.25) is 0 Å². The predicted octanol–water partition coefficient (Wildman–Crippen LogP) is 4.26. The summed E-state index contributed by atoms with van der Waals surface area (Å²) < 4.78 is 12.9. The van der Waals surface area contributed by atoms with Crippen molar-refractivity contribution in [2.75, 3.05) is 12.1 Å². The molecular weight excluding hydrogens is 316 g/mol. The number of carbonyl (C=O) groups excluding carboxylic acids is 1. The normalized spacial score (nSPS) is 12.6. The molecule has 0 atom stereocenters. The van der Waals surface area contributed by atoms with Gasteiger partial charge in [0.25, 0.3) is 5.91 Å². The molecule has 1 amide bonds. The second kappa shape index (κ2) is 5.84. The smallest absolute Gasteiger partial charge is 0.255 e. The van der Waals surface area contributed by atoms with Gasteiger partial charge in [0, 0.05) is 40.5 Å². The number of benzene rings is 2. The molecular formula is C20H20N2O3. The van der Waals surface area contributed by atoms with Crippen LogP contribution in [0.3, 0.4) is 0 Å². The average molecular weight is 336 g/mol. The van der Waals surface area contributed by atoms with E-state index in [-0.39, 0.29) is 12.7 Å². The van der Waals surface area contributed by atoms with E-state index in [1.165, 1.54) is 11.3 Å². The second-order valence-electron chi connectivity index (χ2n) is 6.21. The van der Waals surface area contributed by atoms with Crippen LogP contribution in [0.25, 0.3) is 10.9 Å². The summed E-state index contributed by atoms with van der Waals surface area (Å²) in [6.07, 6.45) is 0. The number of amides is 1. The third-order valence-electron chi connectivity index (χ3n) is 4.85. The van der Waals surface area contributed by atoms with Gasteiger partial charge in [-0.2, -0.15) is 0 Å². The maximum absolute atomic E-state index is 12.6. The first kappa shape index (κ1) is 15.6. The Morgan fingerprint density at radius 2 is 1.92 bits per heavy atom. The van der Waals surface area contributed by atoms with Crippen LogP contribution in [0.5, 0.6) is 11.5 Å². The number of carbonyl (C=O) groups is 1. The third-order valence-corrected chi connectivity index (χ3v) is 4.85. The van der Waals surface area contributed by atoms with Gasteiger partial charge in [0.1, 0.15) is 0 Å². The first-order valence-electron chi connectivity index (χ1n) is 8.39. The van der Waals surface area contributed by atoms with E-state index in [0.29, 0.717) is 22.7 Å². The molecule has 25 heavy (non-hydrogen) atoms. The van der Waals surface area contributed by atoms with E-state index < -0.39 is 0 Å². The van der Waals surface area contributed by atoms with Gasteiger partial charge in [-0.3, -0.25) is 4.79 Å². The first-order chi connectivity index (χ1) is 12.1. The Hall–Kier alpha value is -2.95. The van der Waals surface area contributed by atoms with Crippen molar-refractivity contribution in [3.05, 3.63) is 53.2 Å². The highest BCUT2D eigenvalue weighted by atomic mass is 16.7. The molecule has 4 rings (SSSR count). The zero-order valence-corrected chi connectivity index (χ0v) is 14.6. The van der Waals surface area contributed by atoms with Crippen molar-refractivity contribution in [1.82, 2.24) is 4.57 Å². The predicted molar refractivity (Wildman–Crippen MR) is 97.6 cm³/mol. The zero-order valence-electron chi connectivity index (χ0n) is 14.6. The molecule has 3 aromatic rings. The van der Waals surface area contributed by atoms with Crippen molar-refractivity contribution >= 4 is 22.5 Å². The quantitative estimate of drug-likeness (QED) is 0.777. The lowest BCUT2D eigenvalue weighted by molar-refractivity contribution is 0.102. The summed E-state index contributed by atoms with van der Waals surface area (Å²) in [6.45, 7) is 7.48. The fourth-order valence-electron chi connectivity index (χ4n) is 3.38. The second-order valence-corrected chi connectivity index (χ2v) is 6.21. The number of hydrogen-bond acceptors (Lipinski definition) is 3. The standard InChI is InChI=1S/C20H20N2O3/c1-4-22-13(3)12(2)16-9-14(5-7-17(16)22)20(23)21-15-6-8-18-19(10-15)25-11-24-18/h5-10H,4,11H2,1-3H3,(H,21,23). The fraction of sp³-hybridized carbons (Fsp3) is 0.250. The molecule has 5 heteroatoms. The maximum atomic E-state index is 12.6. The summed E-state index contributed by atoms with van der Waals surface area (Å²) >= 11 is 0. The van der Waals surface area contributed by atoms with Crippen LogP contribution in [0, 0.1) is 13.8 Å². The van der Waals surface area contributed by atoms with Gasteiger partial charge in [0.05, 0.1) is 0 Å². The summed E-state index contributed by atoms with van der Waals surface area (Å²) in [7, 11) is 0. The van der Waals surface area contributed by atoms with Crippen molar-refractivity contribution in [3.63, 3.8) is 0 Å². The van der Waals surface area contributed by atoms with Gasteiger partial charge >= 0.3 is 0 Å². The Morgan fingerprint density at radius 3 is 2.72 bits per heavy atom. The zero-order chi connectivity index (χ0) is 17.6. The molecule has 0 fully saturated rings. The number of nitrogens with zero attached hydrogens (tertiary/aromatic N) is 1. The van der Waals surface area contributed by atoms with Crippen LogP contribution in [0.4, 0.5) is 5.69 Å². The third kappa shape index (κ3) is 2.52. The van der Waals surface area contributed by atoms with Gasteiger partial charge in [-0.15, -0.1) is 0 Å². The van der Waals surface area contributed by atoms with Gasteiger partial charge < -0.3 is 19.4 Å². The summed E-state index contributed by atoms with van der Waals surface area (Å²) in [6, 6.07) is 11.2. The number of fused-ring (bicyclic) bond motifs is 2. The number of aryl methyl sites for hydroxylation is 2. The Bertz CT molecular complexity index is 988. The highest BCUT2D eigenvalue weighted by molar-refractivity contribution is 6.06. The molecule has 0 saturated heterocycles. The molecule has 0 aliphatic carbocycles. The van der Waals surface area contributed by atoms with E-state index >= 15 is 0 Å². The Balaban J connectivity index is 1.65. The summed E-state index contributed by atoms with van der Waals surface area (Å²) in [4.78, 5) is 12.6. The number of aromatic nitrogens is 1. The number of ether oxygens (including phenoxy) is 2. The van der Waals surface area contributed by atoms with E-state index in [2.05, 4.69) is 30.7 Å². The summed E-state index contributed by atoms with van der Waals surface area (Å²) in [5.74, 6) is 1.22. The first-order valence-corrected chi connectivity index (χ1v) is 8.39. The van der Waals surface area contributed by atoms with Crippen molar-refractivity contribution in [3.8, 4) is 11.5 Å². The molecule has 2 heterocycles. The Morgan fingerprint density at radius 1 is 1.12 bits per heavy atom. The van der Waals surface area contributed by atoms with Crippen molar-refractivity contribution in [2.24, 2.45) is 0 Å². The highest BCUT2D eigenvalue weighted by Crippen LogP contribution is 2.34. The molecule has 0 unspecified atom stereocenters. The van der Waals surface area contributed by atoms with Crippen LogP contribution in [-0.2, 0) is 6.54 Å². The van der Waals surface area contributed by atoms with Crippen molar-refractivity contribution in [1.29, 1.82) is 0 Å². The van der Waals surface area contributed by atoms with Gasteiger partial charge in [0.2, 0.25) is 6.79 Å². The lowest BCUT2D eigenvalue weighted by Gasteiger charge is -2.07. The van der Waals surface area contributed by atoms with Crippen LogP contribution in [0.15, 0.2) is 36.4 Å². The number of nitrogens with one attached hydrogen (secondary N) is 1.